The van der Waals surface area contributed by atoms with Crippen molar-refractivity contribution in [3.8, 4) is 0 Å². The molecule has 0 aromatic rings. The molecule has 4 heteroatoms. The average molecular weight is 214 g/mol. The van der Waals surface area contributed by atoms with E-state index in [1.165, 1.54) is 13.0 Å². The van der Waals surface area contributed by atoms with Gasteiger partial charge in [0.2, 0.25) is 0 Å². The van der Waals surface area contributed by atoms with Crippen LogP contribution < -0.4 is 0 Å². The van der Waals surface area contributed by atoms with Crippen LogP contribution in [0.5, 0.6) is 0 Å². The Balaban J connectivity index is 2.18. The van der Waals surface area contributed by atoms with Crippen LogP contribution in [0, 0.1) is 5.92 Å². The topological polar surface area (TPSA) is 32.8 Å². The third kappa shape index (κ3) is 4.73. The summed E-state index contributed by atoms with van der Waals surface area (Å²) in [5.41, 5.74) is 0. The van der Waals surface area contributed by atoms with Crippen LogP contribution in [0.15, 0.2) is 0 Å². The predicted molar refractivity (Wildman–Crippen MR) is 60.0 cm³/mol. The molecular formula is C11H22N2O2. The first-order chi connectivity index (χ1) is 7.11. The summed E-state index contributed by atoms with van der Waals surface area (Å²) in [6, 6.07) is 0. The molecule has 1 rings (SSSR count). The summed E-state index contributed by atoms with van der Waals surface area (Å²) < 4.78 is 4.81. The Hall–Kier alpha value is -0.450. The first kappa shape index (κ1) is 12.6. The summed E-state index contributed by atoms with van der Waals surface area (Å²) in [4.78, 5) is 15.8. The monoisotopic (exact) mass is 214 g/mol. The normalized spacial score (nSPS) is 22.5. The van der Waals surface area contributed by atoms with Gasteiger partial charge in [-0.1, -0.05) is 0 Å². The largest absolute Gasteiger partial charge is 0.377 e. The zero-order valence-electron chi connectivity index (χ0n) is 10.0. The molecule has 1 heterocycles. The van der Waals surface area contributed by atoms with E-state index in [1.807, 2.05) is 7.05 Å². The molecule has 0 N–H and O–H groups in total. The molecule has 0 aromatic carbocycles. The predicted octanol–water partition coefficient (Wildman–Crippen LogP) is 0.0854. The van der Waals surface area contributed by atoms with Crippen LogP contribution >= 0.6 is 0 Å². The summed E-state index contributed by atoms with van der Waals surface area (Å²) in [7, 11) is 5.71. The molecule has 1 atom stereocenters. The molecular weight excluding hydrogens is 192 g/mol. The molecule has 1 unspecified atom stereocenters. The fourth-order valence-corrected chi connectivity index (χ4v) is 2.19. The van der Waals surface area contributed by atoms with Crippen LogP contribution in [0.3, 0.4) is 0 Å². The van der Waals surface area contributed by atoms with Gasteiger partial charge in [-0.25, -0.2) is 0 Å². The number of hydrogen-bond donors (Lipinski definition) is 0. The minimum Gasteiger partial charge on any atom is -0.377 e. The number of Topliss-reactive ketones (excluding diaryl/α,β-unsaturated/α-hetero) is 1. The molecule has 1 aliphatic heterocycles. The van der Waals surface area contributed by atoms with Gasteiger partial charge in [-0.05, 0) is 33.0 Å². The number of likely N-dealkylation sites (tertiary alicyclic amines) is 1. The minimum atomic E-state index is 0.159. The van der Waals surface area contributed by atoms with Crippen LogP contribution in [0.25, 0.3) is 0 Å². The number of hydrogen-bond acceptors (Lipinski definition) is 4. The maximum absolute atomic E-state index is 11.3. The van der Waals surface area contributed by atoms with Crippen molar-refractivity contribution < 1.29 is 9.53 Å². The number of carbonyl (C=O) groups excluding carboxylic acids is 1. The maximum Gasteiger partial charge on any atom is 0.172 e. The first-order valence-electron chi connectivity index (χ1n) is 5.49. The van der Waals surface area contributed by atoms with E-state index in [1.54, 1.807) is 7.11 Å². The standard InChI is InChI=1S/C11H22N2O2/c1-12-5-4-10(6-12)7-13(2)8-11(14)9-15-3/h10H,4-9H2,1-3H3. The number of likely N-dealkylation sites (N-methyl/N-ethyl adjacent to an activating group) is 1. The lowest BCUT2D eigenvalue weighted by Crippen LogP contribution is -2.33. The Bertz CT molecular complexity index is 209. The quantitative estimate of drug-likeness (QED) is 0.627. The van der Waals surface area contributed by atoms with Gasteiger partial charge in [0.25, 0.3) is 0 Å². The van der Waals surface area contributed by atoms with Gasteiger partial charge in [-0.3, -0.25) is 9.69 Å². The SMILES string of the molecule is COCC(=O)CN(C)CC1CCN(C)C1. The molecule has 0 saturated carbocycles. The van der Waals surface area contributed by atoms with Gasteiger partial charge in [-0.15, -0.1) is 0 Å². The Morgan fingerprint density at radius 3 is 2.87 bits per heavy atom. The number of carbonyl (C=O) groups is 1. The summed E-state index contributed by atoms with van der Waals surface area (Å²) in [5, 5.41) is 0. The van der Waals surface area contributed by atoms with Gasteiger partial charge in [0.15, 0.2) is 5.78 Å². The molecule has 88 valence electrons. The summed E-state index contributed by atoms with van der Waals surface area (Å²) >= 11 is 0. The van der Waals surface area contributed by atoms with Crippen molar-refractivity contribution >= 4 is 5.78 Å². The van der Waals surface area contributed by atoms with Gasteiger partial charge in [0.05, 0.1) is 6.54 Å². The second-order valence-corrected chi connectivity index (χ2v) is 4.59. The second kappa shape index (κ2) is 6.20. The number of nitrogens with zero attached hydrogens (tertiary/aromatic N) is 2. The van der Waals surface area contributed by atoms with Crippen LogP contribution in [-0.2, 0) is 9.53 Å². The lowest BCUT2D eigenvalue weighted by molar-refractivity contribution is -0.123. The third-order valence-electron chi connectivity index (χ3n) is 2.81. The smallest absolute Gasteiger partial charge is 0.172 e. The van der Waals surface area contributed by atoms with Crippen molar-refractivity contribution in [1.29, 1.82) is 0 Å². The summed E-state index contributed by atoms with van der Waals surface area (Å²) in [6.45, 7) is 4.09. The molecule has 0 aliphatic carbocycles. The Morgan fingerprint density at radius 1 is 1.60 bits per heavy atom. The zero-order chi connectivity index (χ0) is 11.3. The van der Waals surface area contributed by atoms with Gasteiger partial charge in [-0.2, -0.15) is 0 Å². The van der Waals surface area contributed by atoms with Gasteiger partial charge < -0.3 is 9.64 Å². The van der Waals surface area contributed by atoms with Crippen molar-refractivity contribution in [3.05, 3.63) is 0 Å². The Morgan fingerprint density at radius 2 is 2.33 bits per heavy atom. The lowest BCUT2D eigenvalue weighted by Gasteiger charge is -2.19. The zero-order valence-corrected chi connectivity index (χ0v) is 10.0. The lowest BCUT2D eigenvalue weighted by atomic mass is 10.1. The van der Waals surface area contributed by atoms with Crippen molar-refractivity contribution in [2.45, 2.75) is 6.42 Å². The Kier molecular flexibility index (Phi) is 5.22. The van der Waals surface area contributed by atoms with E-state index in [4.69, 9.17) is 4.74 Å². The summed E-state index contributed by atoms with van der Waals surface area (Å²) in [6.07, 6.45) is 1.25. The number of ether oxygens (including phenoxy) is 1. The fourth-order valence-electron chi connectivity index (χ4n) is 2.19. The number of rotatable bonds is 6. The van der Waals surface area contributed by atoms with E-state index in [0.717, 1.165) is 19.0 Å². The second-order valence-electron chi connectivity index (χ2n) is 4.59. The van der Waals surface area contributed by atoms with E-state index in [2.05, 4.69) is 16.8 Å². The molecule has 15 heavy (non-hydrogen) atoms. The van der Waals surface area contributed by atoms with Crippen LogP contribution in [0.2, 0.25) is 0 Å². The van der Waals surface area contributed by atoms with Gasteiger partial charge in [0, 0.05) is 20.2 Å². The van der Waals surface area contributed by atoms with Crippen LogP contribution in [0.4, 0.5) is 0 Å². The molecule has 0 bridgehead atoms. The fraction of sp³-hybridized carbons (Fsp3) is 0.909. The molecule has 0 spiro atoms. The van der Waals surface area contributed by atoms with Gasteiger partial charge >= 0.3 is 0 Å². The van der Waals surface area contributed by atoms with Crippen LogP contribution in [0.1, 0.15) is 6.42 Å². The molecule has 1 saturated heterocycles. The highest BCUT2D eigenvalue weighted by Crippen LogP contribution is 2.14. The highest BCUT2D eigenvalue weighted by molar-refractivity contribution is 5.81. The molecule has 0 amide bonds. The molecule has 4 nitrogen and oxygen atoms in total. The van der Waals surface area contributed by atoms with E-state index in [-0.39, 0.29) is 12.4 Å². The molecule has 0 aromatic heterocycles. The van der Waals surface area contributed by atoms with Crippen LogP contribution in [-0.4, -0.2) is 69.6 Å². The van der Waals surface area contributed by atoms with Crippen molar-refractivity contribution in [2.24, 2.45) is 5.92 Å². The van der Waals surface area contributed by atoms with E-state index in [0.29, 0.717) is 6.54 Å². The minimum absolute atomic E-state index is 0.159. The van der Waals surface area contributed by atoms with Crippen molar-refractivity contribution in [3.63, 3.8) is 0 Å². The van der Waals surface area contributed by atoms with E-state index >= 15 is 0 Å². The van der Waals surface area contributed by atoms with E-state index < -0.39 is 0 Å². The number of ketones is 1. The third-order valence-corrected chi connectivity index (χ3v) is 2.81. The average Bonchev–Trinajstić information content (AvgIpc) is 2.51. The summed E-state index contributed by atoms with van der Waals surface area (Å²) in [5.74, 6) is 0.877. The first-order valence-corrected chi connectivity index (χ1v) is 5.49. The van der Waals surface area contributed by atoms with Gasteiger partial charge in [0.1, 0.15) is 6.61 Å². The van der Waals surface area contributed by atoms with Crippen molar-refractivity contribution in [2.75, 3.05) is 54.0 Å². The molecule has 0 radical (unpaired) electrons. The molecule has 1 aliphatic rings. The maximum atomic E-state index is 11.3. The number of methoxy groups -OCH3 is 1. The Labute approximate surface area is 92.2 Å². The molecule has 1 fully saturated rings. The van der Waals surface area contributed by atoms with E-state index in [9.17, 15) is 4.79 Å². The highest BCUT2D eigenvalue weighted by atomic mass is 16.5. The highest BCUT2D eigenvalue weighted by Gasteiger charge is 2.21. The van der Waals surface area contributed by atoms with Crippen molar-refractivity contribution in [1.82, 2.24) is 9.80 Å².